The third-order valence-electron chi connectivity index (χ3n) is 5.85. The van der Waals surface area contributed by atoms with Crippen LogP contribution in [0.15, 0.2) is 57.6 Å². The van der Waals surface area contributed by atoms with E-state index in [-0.39, 0.29) is 11.9 Å². The van der Waals surface area contributed by atoms with Crippen LogP contribution in [0.2, 0.25) is 0 Å². The summed E-state index contributed by atoms with van der Waals surface area (Å²) in [6, 6.07) is 3.67. The molecule has 2 aromatic rings. The van der Waals surface area contributed by atoms with Crippen molar-refractivity contribution >= 4 is 22.7 Å². The van der Waals surface area contributed by atoms with Gasteiger partial charge in [0, 0.05) is 22.5 Å². The number of fused-ring (bicyclic) bond motifs is 2. The van der Waals surface area contributed by atoms with Crippen molar-refractivity contribution in [1.82, 2.24) is 20.9 Å². The number of nitrogens with one attached hydrogen (secondary N) is 4. The Morgan fingerprint density at radius 1 is 1.28 bits per heavy atom. The highest BCUT2D eigenvalue weighted by atomic mass is 32.2. The van der Waals surface area contributed by atoms with Gasteiger partial charge in [0.2, 0.25) is 0 Å². The molecule has 4 nitrogen and oxygen atoms in total. The molecule has 3 heterocycles. The first kappa shape index (κ1) is 18.6. The van der Waals surface area contributed by atoms with E-state index >= 15 is 0 Å². The molecule has 0 fully saturated rings. The standard InChI is InChI=1S/C23H25FN4S/c1-13-7-8-17(24)21-20(13)16(14(2)28-21)9-10-25-23-22-18(26-12-27-23)11-19(29-22)15-5-3-4-6-15/h3-5,7-8,11,18,25-28H,6,9-10,12H2,1-2H3. The average Bonchev–Trinajstić information content (AvgIpc) is 3.44. The zero-order valence-corrected chi connectivity index (χ0v) is 17.5. The van der Waals surface area contributed by atoms with Crippen molar-refractivity contribution in [3.8, 4) is 0 Å². The molecule has 1 aromatic heterocycles. The minimum absolute atomic E-state index is 0.183. The third kappa shape index (κ3) is 3.30. The van der Waals surface area contributed by atoms with Crippen LogP contribution in [0.4, 0.5) is 4.39 Å². The molecule has 0 bridgehead atoms. The minimum atomic E-state index is -0.183. The lowest BCUT2D eigenvalue weighted by atomic mass is 10.0. The Labute approximate surface area is 174 Å². The van der Waals surface area contributed by atoms with Crippen LogP contribution in [-0.2, 0) is 6.42 Å². The largest absolute Gasteiger partial charge is 0.371 e. The lowest BCUT2D eigenvalue weighted by Crippen LogP contribution is -2.45. The molecule has 0 saturated carbocycles. The van der Waals surface area contributed by atoms with Crippen LogP contribution < -0.4 is 16.0 Å². The SMILES string of the molecule is Cc1[nH]c2c(F)ccc(C)c2c1CCNC1=C2SC(C3=CC=CC3)=CC2NCN1. The summed E-state index contributed by atoms with van der Waals surface area (Å²) in [5.41, 5.74) is 5.37. The van der Waals surface area contributed by atoms with Crippen molar-refractivity contribution in [1.29, 1.82) is 0 Å². The number of aromatic amines is 1. The van der Waals surface area contributed by atoms with Crippen LogP contribution in [-0.4, -0.2) is 24.2 Å². The second kappa shape index (κ2) is 7.43. The quantitative estimate of drug-likeness (QED) is 0.597. The molecule has 1 atom stereocenters. The fourth-order valence-electron chi connectivity index (χ4n) is 4.36. The Bertz CT molecular complexity index is 1110. The van der Waals surface area contributed by atoms with Gasteiger partial charge in [-0.05, 0) is 55.5 Å². The van der Waals surface area contributed by atoms with Gasteiger partial charge in [0.25, 0.3) is 0 Å². The van der Waals surface area contributed by atoms with E-state index in [1.54, 1.807) is 6.07 Å². The summed E-state index contributed by atoms with van der Waals surface area (Å²) in [7, 11) is 0. The second-order valence-electron chi connectivity index (χ2n) is 7.75. The molecule has 0 spiro atoms. The number of H-pyrrole nitrogens is 1. The number of hydrogen-bond acceptors (Lipinski definition) is 4. The van der Waals surface area contributed by atoms with Gasteiger partial charge >= 0.3 is 0 Å². The summed E-state index contributed by atoms with van der Waals surface area (Å²) >= 11 is 1.85. The lowest BCUT2D eigenvalue weighted by molar-refractivity contribution is 0.541. The predicted octanol–water partition coefficient (Wildman–Crippen LogP) is 4.26. The maximum atomic E-state index is 14.2. The fraction of sp³-hybridized carbons (Fsp3) is 0.304. The first-order valence-corrected chi connectivity index (χ1v) is 10.9. The first-order chi connectivity index (χ1) is 14.1. The Hall–Kier alpha value is -2.44. The van der Waals surface area contributed by atoms with Crippen LogP contribution in [0.25, 0.3) is 10.9 Å². The summed E-state index contributed by atoms with van der Waals surface area (Å²) in [6.07, 6.45) is 10.7. The van der Waals surface area contributed by atoms with Gasteiger partial charge in [-0.2, -0.15) is 0 Å². The molecule has 5 rings (SSSR count). The molecule has 6 heteroatoms. The molecule has 1 aliphatic carbocycles. The molecule has 0 saturated heterocycles. The summed E-state index contributed by atoms with van der Waals surface area (Å²) in [6.45, 7) is 5.61. The molecule has 29 heavy (non-hydrogen) atoms. The number of aryl methyl sites for hydroxylation is 2. The highest BCUT2D eigenvalue weighted by Crippen LogP contribution is 2.43. The van der Waals surface area contributed by atoms with Crippen LogP contribution in [0.5, 0.6) is 0 Å². The highest BCUT2D eigenvalue weighted by molar-refractivity contribution is 8.07. The van der Waals surface area contributed by atoms with Gasteiger partial charge in [-0.3, -0.25) is 5.32 Å². The summed E-state index contributed by atoms with van der Waals surface area (Å²) < 4.78 is 14.2. The second-order valence-corrected chi connectivity index (χ2v) is 8.84. The average molecular weight is 409 g/mol. The van der Waals surface area contributed by atoms with Crippen molar-refractivity contribution < 1.29 is 4.39 Å². The molecule has 150 valence electrons. The molecule has 1 aromatic carbocycles. The van der Waals surface area contributed by atoms with Gasteiger partial charge < -0.3 is 15.6 Å². The molecular weight excluding hydrogens is 383 g/mol. The molecule has 0 radical (unpaired) electrons. The molecule has 4 N–H and O–H groups in total. The maximum absolute atomic E-state index is 14.2. The molecular formula is C23H25FN4S. The van der Waals surface area contributed by atoms with E-state index in [1.165, 1.54) is 20.9 Å². The monoisotopic (exact) mass is 408 g/mol. The van der Waals surface area contributed by atoms with Gasteiger partial charge in [-0.15, -0.1) is 0 Å². The van der Waals surface area contributed by atoms with Gasteiger partial charge in [-0.1, -0.05) is 36.1 Å². The minimum Gasteiger partial charge on any atom is -0.371 e. The van der Waals surface area contributed by atoms with Gasteiger partial charge in [-0.25, -0.2) is 4.39 Å². The number of halogens is 1. The van der Waals surface area contributed by atoms with Crippen LogP contribution >= 0.6 is 11.8 Å². The topological polar surface area (TPSA) is 51.9 Å². The number of rotatable bonds is 5. The van der Waals surface area contributed by atoms with E-state index in [4.69, 9.17) is 0 Å². The van der Waals surface area contributed by atoms with Gasteiger partial charge in [0.1, 0.15) is 11.6 Å². The lowest BCUT2D eigenvalue weighted by Gasteiger charge is -2.26. The van der Waals surface area contributed by atoms with Crippen LogP contribution in [0.3, 0.4) is 0 Å². The molecule has 2 aliphatic heterocycles. The Balaban J connectivity index is 1.32. The van der Waals surface area contributed by atoms with Crippen LogP contribution in [0, 0.1) is 19.7 Å². The Morgan fingerprint density at radius 3 is 3.00 bits per heavy atom. The fourth-order valence-corrected chi connectivity index (χ4v) is 5.61. The first-order valence-electron chi connectivity index (χ1n) is 10.1. The Kier molecular flexibility index (Phi) is 4.76. The number of allylic oxidation sites excluding steroid dienone is 4. The van der Waals surface area contributed by atoms with Crippen molar-refractivity contribution in [3.05, 3.63) is 80.3 Å². The van der Waals surface area contributed by atoms with Crippen molar-refractivity contribution in [3.63, 3.8) is 0 Å². The summed E-state index contributed by atoms with van der Waals surface area (Å²) in [5.74, 6) is 0.925. The van der Waals surface area contributed by atoms with Crippen molar-refractivity contribution in [2.75, 3.05) is 13.2 Å². The van der Waals surface area contributed by atoms with E-state index in [0.717, 1.165) is 48.5 Å². The van der Waals surface area contributed by atoms with E-state index in [9.17, 15) is 4.39 Å². The van der Waals surface area contributed by atoms with Crippen LogP contribution in [0.1, 0.15) is 23.2 Å². The van der Waals surface area contributed by atoms with E-state index in [0.29, 0.717) is 5.52 Å². The summed E-state index contributed by atoms with van der Waals surface area (Å²) in [4.78, 5) is 5.89. The molecule has 1 unspecified atom stereocenters. The van der Waals surface area contributed by atoms with E-state index in [1.807, 2.05) is 31.7 Å². The predicted molar refractivity (Wildman–Crippen MR) is 119 cm³/mol. The van der Waals surface area contributed by atoms with Crippen molar-refractivity contribution in [2.24, 2.45) is 0 Å². The summed E-state index contributed by atoms with van der Waals surface area (Å²) in [5, 5.41) is 11.6. The van der Waals surface area contributed by atoms with Gasteiger partial charge in [0.05, 0.1) is 23.1 Å². The number of hydrogen-bond donors (Lipinski definition) is 4. The number of thioether (sulfide) groups is 1. The van der Waals surface area contributed by atoms with Crippen molar-refractivity contribution in [2.45, 2.75) is 32.7 Å². The maximum Gasteiger partial charge on any atom is 0.147 e. The number of benzene rings is 1. The number of aromatic nitrogens is 1. The normalized spacial score (nSPS) is 20.7. The zero-order valence-electron chi connectivity index (χ0n) is 16.7. The van der Waals surface area contributed by atoms with E-state index < -0.39 is 0 Å². The van der Waals surface area contributed by atoms with Gasteiger partial charge in [0.15, 0.2) is 0 Å². The Morgan fingerprint density at radius 2 is 2.17 bits per heavy atom. The van der Waals surface area contributed by atoms with E-state index in [2.05, 4.69) is 45.2 Å². The molecule has 3 aliphatic rings. The third-order valence-corrected chi connectivity index (χ3v) is 7.14. The highest BCUT2D eigenvalue weighted by Gasteiger charge is 2.29. The zero-order chi connectivity index (χ0) is 20.0. The smallest absolute Gasteiger partial charge is 0.147 e. The molecule has 0 amide bonds.